The van der Waals surface area contributed by atoms with Gasteiger partial charge in [-0.2, -0.15) is 13.2 Å². The lowest BCUT2D eigenvalue weighted by Crippen LogP contribution is -2.22. The van der Waals surface area contributed by atoms with Crippen molar-refractivity contribution in [3.05, 3.63) is 22.8 Å². The number of alkyl halides is 3. The average molecular weight is 337 g/mol. The van der Waals surface area contributed by atoms with Gasteiger partial charge < -0.3 is 15.4 Å². The number of anilines is 1. The van der Waals surface area contributed by atoms with Gasteiger partial charge in [0.15, 0.2) is 0 Å². The quantitative estimate of drug-likeness (QED) is 0.503. The van der Waals surface area contributed by atoms with Crippen molar-refractivity contribution in [3.63, 3.8) is 0 Å². The van der Waals surface area contributed by atoms with E-state index in [2.05, 4.69) is 20.6 Å². The van der Waals surface area contributed by atoms with E-state index >= 15 is 0 Å². The van der Waals surface area contributed by atoms with E-state index in [0.717, 1.165) is 6.07 Å². The van der Waals surface area contributed by atoms with Crippen molar-refractivity contribution >= 4 is 28.8 Å². The number of halogens is 4. The smallest absolute Gasteiger partial charge is 0.411 e. The number of hydrogen-bond donors (Lipinski definition) is 2. The van der Waals surface area contributed by atoms with Crippen molar-refractivity contribution in [1.29, 1.82) is 0 Å². The first kappa shape index (κ1) is 16.3. The second-order valence-corrected chi connectivity index (χ2v) is 5.00. The van der Waals surface area contributed by atoms with Crippen molar-refractivity contribution in [2.45, 2.75) is 25.6 Å². The molecule has 0 saturated carbocycles. The summed E-state index contributed by atoms with van der Waals surface area (Å²) in [5.41, 5.74) is -0.0745. The molecular weight excluding hydrogens is 325 g/mol. The first-order valence-electron chi connectivity index (χ1n) is 6.19. The summed E-state index contributed by atoms with van der Waals surface area (Å²) in [6.07, 6.45) is -3.74. The van der Waals surface area contributed by atoms with Crippen molar-refractivity contribution in [1.82, 2.24) is 4.98 Å². The minimum absolute atomic E-state index is 0.124. The Kier molecular flexibility index (Phi) is 4.74. The van der Waals surface area contributed by atoms with Gasteiger partial charge in [0.05, 0.1) is 17.1 Å². The summed E-state index contributed by atoms with van der Waals surface area (Å²) in [5.74, 6) is 0.124. The standard InChI is InChI=1S/C12H12ClF3N4O2/c1-6(19-21)10-3-8(22-20-10)5-18-11-9(13)2-7(4-17-11)12(14,15)16/h2,4,8,21H,3,5H2,1H3,(H,17,18)/b19-6+/t8-/m1/s1. The molecule has 1 aromatic heterocycles. The Hall–Kier alpha value is -2.03. The van der Waals surface area contributed by atoms with E-state index in [4.69, 9.17) is 21.6 Å². The third-order valence-corrected chi connectivity index (χ3v) is 3.25. The van der Waals surface area contributed by atoms with Gasteiger partial charge in [-0.05, 0) is 13.0 Å². The lowest BCUT2D eigenvalue weighted by molar-refractivity contribution is -0.137. The van der Waals surface area contributed by atoms with E-state index in [1.54, 1.807) is 6.92 Å². The van der Waals surface area contributed by atoms with Gasteiger partial charge in [-0.25, -0.2) is 4.98 Å². The van der Waals surface area contributed by atoms with Crippen LogP contribution in [0.3, 0.4) is 0 Å². The van der Waals surface area contributed by atoms with Gasteiger partial charge in [-0.3, -0.25) is 0 Å². The van der Waals surface area contributed by atoms with E-state index < -0.39 is 11.7 Å². The van der Waals surface area contributed by atoms with Gasteiger partial charge in [0.25, 0.3) is 0 Å². The van der Waals surface area contributed by atoms with Gasteiger partial charge in [0, 0.05) is 12.6 Å². The predicted octanol–water partition coefficient (Wildman–Crippen LogP) is 3.16. The highest BCUT2D eigenvalue weighted by Crippen LogP contribution is 2.32. The number of nitrogens with zero attached hydrogens (tertiary/aromatic N) is 3. The number of aromatic nitrogens is 1. The first-order chi connectivity index (χ1) is 10.3. The Morgan fingerprint density at radius 2 is 2.32 bits per heavy atom. The zero-order chi connectivity index (χ0) is 16.3. The minimum Gasteiger partial charge on any atom is -0.411 e. The summed E-state index contributed by atoms with van der Waals surface area (Å²) in [7, 11) is 0. The Morgan fingerprint density at radius 1 is 1.59 bits per heavy atom. The first-order valence-corrected chi connectivity index (χ1v) is 6.57. The molecule has 120 valence electrons. The molecule has 0 radical (unpaired) electrons. The molecule has 0 spiro atoms. The largest absolute Gasteiger partial charge is 0.417 e. The van der Waals surface area contributed by atoms with Gasteiger partial charge in [-0.15, -0.1) is 0 Å². The molecule has 2 N–H and O–H groups in total. The number of pyridine rings is 1. The molecule has 1 aromatic rings. The Labute approximate surface area is 128 Å². The maximum atomic E-state index is 12.5. The van der Waals surface area contributed by atoms with Crippen LogP contribution in [0.25, 0.3) is 0 Å². The molecule has 6 nitrogen and oxygen atoms in total. The van der Waals surface area contributed by atoms with Crippen LogP contribution in [-0.2, 0) is 11.0 Å². The molecule has 0 fully saturated rings. The van der Waals surface area contributed by atoms with E-state index in [1.165, 1.54) is 0 Å². The van der Waals surface area contributed by atoms with Crippen molar-refractivity contribution < 1.29 is 23.2 Å². The molecule has 2 heterocycles. The van der Waals surface area contributed by atoms with E-state index in [0.29, 0.717) is 24.0 Å². The van der Waals surface area contributed by atoms with Crippen LogP contribution in [0, 0.1) is 0 Å². The zero-order valence-electron chi connectivity index (χ0n) is 11.4. The Balaban J connectivity index is 1.94. The normalized spacial score (nSPS) is 18.9. The van der Waals surface area contributed by atoms with Crippen LogP contribution >= 0.6 is 11.6 Å². The molecule has 2 rings (SSSR count). The lowest BCUT2D eigenvalue weighted by Gasteiger charge is -2.13. The number of oxime groups is 2. The molecule has 1 aliphatic rings. The summed E-state index contributed by atoms with van der Waals surface area (Å²) >= 11 is 5.78. The fourth-order valence-electron chi connectivity index (χ4n) is 1.74. The van der Waals surface area contributed by atoms with E-state index in [-0.39, 0.29) is 23.5 Å². The van der Waals surface area contributed by atoms with Crippen molar-refractivity contribution in [3.8, 4) is 0 Å². The third-order valence-electron chi connectivity index (χ3n) is 2.97. The van der Waals surface area contributed by atoms with Crippen LogP contribution in [0.4, 0.5) is 19.0 Å². The van der Waals surface area contributed by atoms with Gasteiger partial charge in [0.2, 0.25) is 0 Å². The summed E-state index contributed by atoms with van der Waals surface area (Å²) < 4.78 is 37.5. The highest BCUT2D eigenvalue weighted by Gasteiger charge is 2.31. The summed E-state index contributed by atoms with van der Waals surface area (Å²) in [5, 5.41) is 18.1. The second-order valence-electron chi connectivity index (χ2n) is 4.59. The minimum atomic E-state index is -4.49. The SMILES string of the molecule is C/C(=N\O)C1=NO[C@@H](CNc2ncc(C(F)(F)F)cc2Cl)C1. The summed E-state index contributed by atoms with van der Waals surface area (Å²) in [6.45, 7) is 1.82. The third kappa shape index (κ3) is 3.79. The van der Waals surface area contributed by atoms with Crippen LogP contribution in [0.1, 0.15) is 18.9 Å². The second kappa shape index (κ2) is 6.39. The fourth-order valence-corrected chi connectivity index (χ4v) is 1.98. The predicted molar refractivity (Wildman–Crippen MR) is 74.6 cm³/mol. The molecule has 0 aromatic carbocycles. The maximum absolute atomic E-state index is 12.5. The van der Waals surface area contributed by atoms with E-state index in [9.17, 15) is 13.2 Å². The van der Waals surface area contributed by atoms with E-state index in [1.807, 2.05) is 0 Å². The van der Waals surface area contributed by atoms with Gasteiger partial charge in [0.1, 0.15) is 23.3 Å². The molecule has 22 heavy (non-hydrogen) atoms. The highest BCUT2D eigenvalue weighted by molar-refractivity contribution is 6.41. The highest BCUT2D eigenvalue weighted by atomic mass is 35.5. The Bertz CT molecular complexity index is 619. The molecule has 0 amide bonds. The summed E-state index contributed by atoms with van der Waals surface area (Å²) in [4.78, 5) is 8.77. The molecule has 10 heteroatoms. The number of rotatable bonds is 4. The Morgan fingerprint density at radius 3 is 2.91 bits per heavy atom. The zero-order valence-corrected chi connectivity index (χ0v) is 12.1. The van der Waals surface area contributed by atoms with Crippen molar-refractivity contribution in [2.75, 3.05) is 11.9 Å². The molecule has 1 aliphatic heterocycles. The van der Waals surface area contributed by atoms with Gasteiger partial charge in [-0.1, -0.05) is 21.9 Å². The number of hydrogen-bond acceptors (Lipinski definition) is 6. The molecule has 0 saturated heterocycles. The lowest BCUT2D eigenvalue weighted by atomic mass is 10.1. The average Bonchev–Trinajstić information content (AvgIpc) is 2.93. The van der Waals surface area contributed by atoms with Crippen LogP contribution in [0.2, 0.25) is 5.02 Å². The van der Waals surface area contributed by atoms with Crippen molar-refractivity contribution in [2.24, 2.45) is 10.3 Å². The molecular formula is C12H12ClF3N4O2. The van der Waals surface area contributed by atoms with Gasteiger partial charge >= 0.3 is 6.18 Å². The summed E-state index contributed by atoms with van der Waals surface area (Å²) in [6, 6.07) is 0.802. The number of nitrogens with one attached hydrogen (secondary N) is 1. The van der Waals surface area contributed by atoms with Crippen LogP contribution in [0.15, 0.2) is 22.6 Å². The fraction of sp³-hybridized carbons (Fsp3) is 0.417. The molecule has 0 unspecified atom stereocenters. The molecule has 1 atom stereocenters. The molecule has 0 bridgehead atoms. The van der Waals surface area contributed by atoms with Crippen LogP contribution in [0.5, 0.6) is 0 Å². The topological polar surface area (TPSA) is 79.1 Å². The van der Waals surface area contributed by atoms with Crippen LogP contribution < -0.4 is 5.32 Å². The maximum Gasteiger partial charge on any atom is 0.417 e. The van der Waals surface area contributed by atoms with Crippen LogP contribution in [-0.4, -0.2) is 34.3 Å². The monoisotopic (exact) mass is 336 g/mol. The molecule has 0 aliphatic carbocycles.